The molecule has 29 heavy (non-hydrogen) atoms. The molecule has 1 amide bonds. The van der Waals surface area contributed by atoms with Gasteiger partial charge in [-0.05, 0) is 42.2 Å². The number of amides is 1. The average Bonchev–Trinajstić information content (AvgIpc) is 3.22. The van der Waals surface area contributed by atoms with Crippen LogP contribution in [0, 0.1) is 6.92 Å². The number of hydrogen-bond donors (Lipinski definition) is 2. The summed E-state index contributed by atoms with van der Waals surface area (Å²) in [5.41, 5.74) is 4.65. The number of hydrogen-bond acceptors (Lipinski definition) is 6. The van der Waals surface area contributed by atoms with Crippen LogP contribution in [-0.2, 0) is 13.0 Å². The number of aromatic nitrogens is 2. The number of ether oxygens (including phenoxy) is 2. The molecule has 0 atom stereocenters. The molecule has 0 spiro atoms. The van der Waals surface area contributed by atoms with Crippen LogP contribution in [0.3, 0.4) is 0 Å². The van der Waals surface area contributed by atoms with Gasteiger partial charge in [-0.25, -0.2) is 9.97 Å². The van der Waals surface area contributed by atoms with E-state index in [1.54, 1.807) is 0 Å². The number of carbonyl (C=O) groups is 1. The van der Waals surface area contributed by atoms with Crippen LogP contribution in [0.15, 0.2) is 48.8 Å². The van der Waals surface area contributed by atoms with Crippen molar-refractivity contribution in [2.24, 2.45) is 0 Å². The maximum absolute atomic E-state index is 12.4. The van der Waals surface area contributed by atoms with E-state index in [0.717, 1.165) is 29.0 Å². The molecule has 0 saturated heterocycles. The quantitative estimate of drug-likeness (QED) is 0.667. The first-order chi connectivity index (χ1) is 14.1. The Labute approximate surface area is 169 Å². The number of anilines is 2. The van der Waals surface area contributed by atoms with Crippen molar-refractivity contribution in [1.82, 2.24) is 15.3 Å². The largest absolute Gasteiger partial charge is 0.454 e. The van der Waals surface area contributed by atoms with Gasteiger partial charge in [0.2, 0.25) is 12.7 Å². The molecular formula is C22H22N4O3. The monoisotopic (exact) mass is 390 g/mol. The third-order valence-corrected chi connectivity index (χ3v) is 4.78. The van der Waals surface area contributed by atoms with E-state index in [4.69, 9.17) is 9.47 Å². The summed E-state index contributed by atoms with van der Waals surface area (Å²) in [6.07, 6.45) is 3.95. The van der Waals surface area contributed by atoms with E-state index in [9.17, 15) is 4.79 Å². The highest BCUT2D eigenvalue weighted by atomic mass is 16.7. The zero-order valence-corrected chi connectivity index (χ0v) is 16.4. The van der Waals surface area contributed by atoms with Crippen LogP contribution in [0.25, 0.3) is 0 Å². The van der Waals surface area contributed by atoms with E-state index >= 15 is 0 Å². The second-order valence-electron chi connectivity index (χ2n) is 6.75. The van der Waals surface area contributed by atoms with Crippen molar-refractivity contribution in [3.8, 4) is 11.5 Å². The van der Waals surface area contributed by atoms with Gasteiger partial charge in [0.05, 0.1) is 5.56 Å². The van der Waals surface area contributed by atoms with Crippen molar-refractivity contribution in [2.75, 3.05) is 12.1 Å². The van der Waals surface area contributed by atoms with Crippen molar-refractivity contribution >= 4 is 17.5 Å². The Hall–Kier alpha value is -3.61. The van der Waals surface area contributed by atoms with Gasteiger partial charge in [-0.2, -0.15) is 0 Å². The predicted molar refractivity (Wildman–Crippen MR) is 110 cm³/mol. The molecule has 2 aromatic carbocycles. The van der Waals surface area contributed by atoms with Crippen molar-refractivity contribution < 1.29 is 14.3 Å². The molecule has 148 valence electrons. The van der Waals surface area contributed by atoms with E-state index in [0.29, 0.717) is 23.8 Å². The molecule has 4 rings (SSSR count). The van der Waals surface area contributed by atoms with E-state index in [1.165, 1.54) is 18.0 Å². The molecule has 1 aliphatic heterocycles. The molecule has 0 fully saturated rings. The summed E-state index contributed by atoms with van der Waals surface area (Å²) in [5, 5.41) is 6.13. The normalized spacial score (nSPS) is 11.9. The van der Waals surface area contributed by atoms with Gasteiger partial charge in [0.15, 0.2) is 11.5 Å². The molecule has 2 heterocycles. The molecule has 3 aromatic rings. The maximum atomic E-state index is 12.4. The number of carbonyl (C=O) groups excluding carboxylic acids is 1. The Morgan fingerprint density at radius 2 is 1.90 bits per heavy atom. The molecular weight excluding hydrogens is 368 g/mol. The highest BCUT2D eigenvalue weighted by Crippen LogP contribution is 2.32. The van der Waals surface area contributed by atoms with Gasteiger partial charge < -0.3 is 20.1 Å². The molecule has 0 radical (unpaired) electrons. The first kappa shape index (κ1) is 18.7. The lowest BCUT2D eigenvalue weighted by atomic mass is 10.1. The van der Waals surface area contributed by atoms with Gasteiger partial charge in [-0.1, -0.05) is 31.2 Å². The molecule has 0 unspecified atom stereocenters. The average molecular weight is 390 g/mol. The molecule has 0 saturated carbocycles. The Morgan fingerprint density at radius 1 is 1.10 bits per heavy atom. The summed E-state index contributed by atoms with van der Waals surface area (Å²) >= 11 is 0. The number of aryl methyl sites for hydroxylation is 2. The van der Waals surface area contributed by atoms with Crippen LogP contribution in [0.5, 0.6) is 11.5 Å². The van der Waals surface area contributed by atoms with Gasteiger partial charge in [-0.3, -0.25) is 4.79 Å². The smallest absolute Gasteiger partial charge is 0.254 e. The Morgan fingerprint density at radius 3 is 2.69 bits per heavy atom. The van der Waals surface area contributed by atoms with Crippen LogP contribution in [0.2, 0.25) is 0 Å². The zero-order valence-electron chi connectivity index (χ0n) is 16.4. The Balaban J connectivity index is 1.39. The molecule has 7 heteroatoms. The number of fused-ring (bicyclic) bond motifs is 1. The van der Waals surface area contributed by atoms with Gasteiger partial charge in [0, 0.05) is 24.6 Å². The third-order valence-electron chi connectivity index (χ3n) is 4.78. The molecule has 1 aliphatic rings. The van der Waals surface area contributed by atoms with Crippen LogP contribution >= 0.6 is 0 Å². The first-order valence-corrected chi connectivity index (χ1v) is 9.48. The van der Waals surface area contributed by atoms with E-state index < -0.39 is 0 Å². The summed E-state index contributed by atoms with van der Waals surface area (Å²) in [6.45, 7) is 4.75. The minimum Gasteiger partial charge on any atom is -0.454 e. The summed E-state index contributed by atoms with van der Waals surface area (Å²) in [5.74, 6) is 1.63. The Kier molecular flexibility index (Phi) is 5.29. The topological polar surface area (TPSA) is 85.4 Å². The van der Waals surface area contributed by atoms with Crippen LogP contribution in [0.4, 0.5) is 11.6 Å². The van der Waals surface area contributed by atoms with Crippen LogP contribution in [-0.4, -0.2) is 22.7 Å². The fourth-order valence-corrected chi connectivity index (χ4v) is 3.16. The first-order valence-electron chi connectivity index (χ1n) is 9.48. The van der Waals surface area contributed by atoms with Gasteiger partial charge in [0.25, 0.3) is 5.91 Å². The lowest BCUT2D eigenvalue weighted by Gasteiger charge is -2.13. The maximum Gasteiger partial charge on any atom is 0.254 e. The third kappa shape index (κ3) is 4.13. The van der Waals surface area contributed by atoms with Crippen molar-refractivity contribution in [3.05, 3.63) is 71.0 Å². The van der Waals surface area contributed by atoms with Gasteiger partial charge in [-0.15, -0.1) is 0 Å². The zero-order chi connectivity index (χ0) is 20.2. The minimum absolute atomic E-state index is 0.227. The van der Waals surface area contributed by atoms with E-state index in [1.807, 2.05) is 37.3 Å². The molecule has 0 bridgehead atoms. The lowest BCUT2D eigenvalue weighted by Crippen LogP contribution is -2.23. The Bertz CT molecular complexity index is 1030. The second kappa shape index (κ2) is 8.18. The molecule has 1 aromatic heterocycles. The van der Waals surface area contributed by atoms with E-state index in [-0.39, 0.29) is 12.7 Å². The fourth-order valence-electron chi connectivity index (χ4n) is 3.16. The van der Waals surface area contributed by atoms with Crippen molar-refractivity contribution in [1.29, 1.82) is 0 Å². The minimum atomic E-state index is -0.237. The molecule has 2 N–H and O–H groups in total. The highest BCUT2D eigenvalue weighted by Gasteiger charge is 2.14. The van der Waals surface area contributed by atoms with Crippen LogP contribution in [0.1, 0.15) is 34.0 Å². The summed E-state index contributed by atoms with van der Waals surface area (Å²) in [7, 11) is 0. The number of nitrogens with one attached hydrogen (secondary N) is 2. The second-order valence-corrected chi connectivity index (χ2v) is 6.75. The number of benzene rings is 2. The number of para-hydroxylation sites is 1. The molecule has 7 nitrogen and oxygen atoms in total. The van der Waals surface area contributed by atoms with E-state index in [2.05, 4.69) is 33.6 Å². The predicted octanol–water partition coefficient (Wildman–Crippen LogP) is 3.75. The lowest BCUT2D eigenvalue weighted by molar-refractivity contribution is 0.0950. The molecule has 0 aliphatic carbocycles. The van der Waals surface area contributed by atoms with Crippen molar-refractivity contribution in [2.45, 2.75) is 26.8 Å². The standard InChI is InChI=1S/C22H22N4O3/c1-3-16-6-4-5-14(2)20(16)26-22-24-11-17(12-25-22)21(27)23-10-15-7-8-18-19(9-15)29-13-28-18/h4-9,11-12H,3,10,13H2,1-2H3,(H,23,27)(H,24,25,26). The van der Waals surface area contributed by atoms with Gasteiger partial charge >= 0.3 is 0 Å². The number of nitrogens with zero attached hydrogens (tertiary/aromatic N) is 2. The summed E-state index contributed by atoms with van der Waals surface area (Å²) < 4.78 is 10.6. The fraction of sp³-hybridized carbons (Fsp3) is 0.227. The van der Waals surface area contributed by atoms with Crippen LogP contribution < -0.4 is 20.1 Å². The highest BCUT2D eigenvalue weighted by molar-refractivity contribution is 5.93. The van der Waals surface area contributed by atoms with Gasteiger partial charge in [0.1, 0.15) is 0 Å². The van der Waals surface area contributed by atoms with Crippen molar-refractivity contribution in [3.63, 3.8) is 0 Å². The summed E-state index contributed by atoms with van der Waals surface area (Å²) in [6, 6.07) is 11.7. The number of rotatable bonds is 6. The summed E-state index contributed by atoms with van der Waals surface area (Å²) in [4.78, 5) is 21.0. The SMILES string of the molecule is CCc1cccc(C)c1Nc1ncc(C(=O)NCc2ccc3c(c2)OCO3)cn1.